The number of hydrogen-bond donors (Lipinski definition) is 0. The van der Waals surface area contributed by atoms with Crippen molar-refractivity contribution < 1.29 is 13.2 Å². The molecule has 0 fully saturated rings. The number of rotatable bonds is 3. The van der Waals surface area contributed by atoms with E-state index in [4.69, 9.17) is 0 Å². The molecule has 88 valence electrons. The number of aryl methyl sites for hydroxylation is 1. The molecule has 0 bridgehead atoms. The highest BCUT2D eigenvalue weighted by atomic mass is 32.2. The molecule has 0 aliphatic carbocycles. The van der Waals surface area contributed by atoms with Crippen LogP contribution in [0.1, 0.15) is 14.5 Å². The largest absolute Gasteiger partial charge is 0.297 e. The Morgan fingerprint density at radius 3 is 2.41 bits per heavy atom. The zero-order chi connectivity index (χ0) is 12.5. The van der Waals surface area contributed by atoms with Crippen molar-refractivity contribution in [2.75, 3.05) is 0 Å². The molecule has 1 aromatic carbocycles. The highest BCUT2D eigenvalue weighted by Crippen LogP contribution is 2.29. The summed E-state index contributed by atoms with van der Waals surface area (Å²) in [5.41, 5.74) is 0. The van der Waals surface area contributed by atoms with Gasteiger partial charge >= 0.3 is 0 Å². The summed E-state index contributed by atoms with van der Waals surface area (Å²) in [5, 5.41) is 0. The Morgan fingerprint density at radius 2 is 1.82 bits per heavy atom. The summed E-state index contributed by atoms with van der Waals surface area (Å²) < 4.78 is 24.5. The van der Waals surface area contributed by atoms with Gasteiger partial charge in [-0.1, -0.05) is 18.2 Å². The molecule has 0 N–H and O–H groups in total. The first-order valence-corrected chi connectivity index (χ1v) is 7.21. The van der Waals surface area contributed by atoms with E-state index in [1.807, 2.05) is 0 Å². The first kappa shape index (κ1) is 12.0. The smallest absolute Gasteiger partial charge is 0.208 e. The molecular formula is C12H10O3S2. The van der Waals surface area contributed by atoms with Crippen molar-refractivity contribution >= 4 is 27.5 Å². The molecule has 0 amide bonds. The van der Waals surface area contributed by atoms with Gasteiger partial charge in [-0.15, -0.1) is 11.3 Å². The molecule has 0 spiro atoms. The van der Waals surface area contributed by atoms with E-state index in [-0.39, 0.29) is 14.7 Å². The summed E-state index contributed by atoms with van der Waals surface area (Å²) >= 11 is 1.19. The molecule has 2 aromatic rings. The van der Waals surface area contributed by atoms with E-state index in [0.29, 0.717) is 6.29 Å². The highest BCUT2D eigenvalue weighted by Gasteiger charge is 2.22. The highest BCUT2D eigenvalue weighted by molar-refractivity contribution is 7.91. The molecule has 1 heterocycles. The average molecular weight is 266 g/mol. The normalized spacial score (nSPS) is 11.4. The molecule has 0 aliphatic heterocycles. The minimum atomic E-state index is -3.58. The maximum absolute atomic E-state index is 12.3. The Kier molecular flexibility index (Phi) is 3.13. The molecule has 0 radical (unpaired) electrons. The van der Waals surface area contributed by atoms with Crippen LogP contribution >= 0.6 is 11.3 Å². The fourth-order valence-electron chi connectivity index (χ4n) is 1.53. The van der Waals surface area contributed by atoms with Crippen molar-refractivity contribution in [3.05, 3.63) is 46.2 Å². The molecular weight excluding hydrogens is 256 g/mol. The monoisotopic (exact) mass is 266 g/mol. The van der Waals surface area contributed by atoms with Crippen molar-refractivity contribution in [2.45, 2.75) is 16.7 Å². The summed E-state index contributed by atoms with van der Waals surface area (Å²) in [5.74, 6) is 0. The summed E-state index contributed by atoms with van der Waals surface area (Å²) in [6.07, 6.45) is 0.591. The van der Waals surface area contributed by atoms with Crippen LogP contribution in [0.5, 0.6) is 0 Å². The van der Waals surface area contributed by atoms with Gasteiger partial charge in [-0.3, -0.25) is 4.79 Å². The van der Waals surface area contributed by atoms with Crippen molar-refractivity contribution in [2.24, 2.45) is 0 Å². The number of hydrogen-bond acceptors (Lipinski definition) is 4. The lowest BCUT2D eigenvalue weighted by Gasteiger charge is -2.02. The van der Waals surface area contributed by atoms with Gasteiger partial charge in [0.25, 0.3) is 0 Å². The van der Waals surface area contributed by atoms with E-state index in [0.717, 1.165) is 4.88 Å². The topological polar surface area (TPSA) is 51.2 Å². The molecule has 17 heavy (non-hydrogen) atoms. The summed E-state index contributed by atoms with van der Waals surface area (Å²) in [7, 11) is -3.58. The molecule has 0 saturated carbocycles. The van der Waals surface area contributed by atoms with Gasteiger partial charge in [-0.05, 0) is 25.1 Å². The first-order chi connectivity index (χ1) is 8.05. The Labute approximate surface area is 104 Å². The Balaban J connectivity index is 2.64. The maximum atomic E-state index is 12.3. The SMILES string of the molecule is Cc1cc(S(=O)(=O)c2ccccc2)c(C=O)s1. The third-order valence-corrected chi connectivity index (χ3v) is 5.21. The molecule has 1 aromatic heterocycles. The quantitative estimate of drug-likeness (QED) is 0.803. The number of carbonyl (C=O) groups is 1. The van der Waals surface area contributed by atoms with E-state index >= 15 is 0 Å². The molecule has 0 unspecified atom stereocenters. The third kappa shape index (κ3) is 2.16. The van der Waals surface area contributed by atoms with Crippen molar-refractivity contribution in [1.82, 2.24) is 0 Å². The molecule has 0 aliphatic rings. The van der Waals surface area contributed by atoms with Crippen LogP contribution in [0.2, 0.25) is 0 Å². The lowest BCUT2D eigenvalue weighted by Crippen LogP contribution is -2.02. The Morgan fingerprint density at radius 1 is 1.18 bits per heavy atom. The van der Waals surface area contributed by atoms with Gasteiger partial charge in [-0.2, -0.15) is 0 Å². The van der Waals surface area contributed by atoms with Crippen LogP contribution in [-0.4, -0.2) is 14.7 Å². The van der Waals surface area contributed by atoms with Crippen LogP contribution in [0.25, 0.3) is 0 Å². The van der Waals surface area contributed by atoms with Crippen molar-refractivity contribution in [3.8, 4) is 0 Å². The molecule has 3 nitrogen and oxygen atoms in total. The molecule has 0 atom stereocenters. The van der Waals surface area contributed by atoms with E-state index < -0.39 is 9.84 Å². The Bertz CT molecular complexity index is 640. The number of benzene rings is 1. The number of sulfone groups is 1. The van der Waals surface area contributed by atoms with Gasteiger partial charge in [-0.25, -0.2) is 8.42 Å². The van der Waals surface area contributed by atoms with E-state index in [2.05, 4.69) is 0 Å². The predicted octanol–water partition coefficient (Wildman–Crippen LogP) is 2.70. The van der Waals surface area contributed by atoms with Gasteiger partial charge in [0.1, 0.15) is 0 Å². The fraction of sp³-hybridized carbons (Fsp3) is 0.0833. The number of aldehydes is 1. The van der Waals surface area contributed by atoms with Crippen molar-refractivity contribution in [3.63, 3.8) is 0 Å². The zero-order valence-electron chi connectivity index (χ0n) is 9.08. The minimum Gasteiger partial charge on any atom is -0.297 e. The minimum absolute atomic E-state index is 0.0983. The van der Waals surface area contributed by atoms with Crippen LogP contribution in [0.4, 0.5) is 0 Å². The number of thiophene rings is 1. The molecule has 5 heteroatoms. The first-order valence-electron chi connectivity index (χ1n) is 4.91. The van der Waals surface area contributed by atoms with Crippen LogP contribution in [0, 0.1) is 6.92 Å². The van der Waals surface area contributed by atoms with Crippen LogP contribution in [0.3, 0.4) is 0 Å². The second-order valence-corrected chi connectivity index (χ2v) is 6.73. The fourth-order valence-corrected chi connectivity index (χ4v) is 4.20. The summed E-state index contributed by atoms with van der Waals surface area (Å²) in [6.45, 7) is 1.78. The van der Waals surface area contributed by atoms with E-state index in [9.17, 15) is 13.2 Å². The van der Waals surface area contributed by atoms with Crippen LogP contribution in [0.15, 0.2) is 46.2 Å². The molecule has 2 rings (SSSR count). The van der Waals surface area contributed by atoms with E-state index in [1.165, 1.54) is 29.5 Å². The van der Waals surface area contributed by atoms with Gasteiger partial charge in [0.05, 0.1) is 14.7 Å². The van der Waals surface area contributed by atoms with Crippen molar-refractivity contribution in [1.29, 1.82) is 0 Å². The third-order valence-electron chi connectivity index (χ3n) is 2.30. The van der Waals surface area contributed by atoms with Crippen LogP contribution in [-0.2, 0) is 9.84 Å². The van der Waals surface area contributed by atoms with E-state index in [1.54, 1.807) is 25.1 Å². The standard InChI is InChI=1S/C12H10O3S2/c1-9-7-12(11(8-13)16-9)17(14,15)10-5-3-2-4-6-10/h2-8H,1H3. The van der Waals surface area contributed by atoms with Gasteiger partial charge in [0, 0.05) is 4.88 Å². The lowest BCUT2D eigenvalue weighted by molar-refractivity contribution is 0.112. The summed E-state index contributed by atoms with van der Waals surface area (Å²) in [6, 6.07) is 9.66. The second kappa shape index (κ2) is 4.43. The van der Waals surface area contributed by atoms with Gasteiger partial charge < -0.3 is 0 Å². The zero-order valence-corrected chi connectivity index (χ0v) is 10.7. The Hall–Kier alpha value is -1.46. The second-order valence-electron chi connectivity index (χ2n) is 3.52. The predicted molar refractivity (Wildman–Crippen MR) is 66.3 cm³/mol. The molecule has 0 saturated heterocycles. The summed E-state index contributed by atoms with van der Waals surface area (Å²) in [4.78, 5) is 12.2. The maximum Gasteiger partial charge on any atom is 0.208 e. The van der Waals surface area contributed by atoms with Gasteiger partial charge in [0.2, 0.25) is 9.84 Å². The average Bonchev–Trinajstić information content (AvgIpc) is 2.72. The number of carbonyl (C=O) groups excluding carboxylic acids is 1. The van der Waals surface area contributed by atoms with Gasteiger partial charge in [0.15, 0.2) is 6.29 Å². The lowest BCUT2D eigenvalue weighted by atomic mass is 10.4. The van der Waals surface area contributed by atoms with Crippen LogP contribution < -0.4 is 0 Å².